The standard InChI is InChI=1S/C12H18ClN3S/c1-17-12(4-2-3-5-12)8-16-11-10(14)6-9(13)7-15-11/h6-7H,2-5,8,14H2,1H3,(H,15,16). The van der Waals surface area contributed by atoms with Crippen molar-refractivity contribution in [2.75, 3.05) is 23.9 Å². The second kappa shape index (κ2) is 5.36. The first kappa shape index (κ1) is 12.8. The summed E-state index contributed by atoms with van der Waals surface area (Å²) in [7, 11) is 0. The first-order valence-electron chi connectivity index (χ1n) is 5.85. The number of halogens is 1. The zero-order chi connectivity index (χ0) is 12.3. The number of thioether (sulfide) groups is 1. The second-order valence-corrected chi connectivity index (χ2v) is 6.25. The Kier molecular flexibility index (Phi) is 4.05. The SMILES string of the molecule is CSC1(CNc2ncc(Cl)cc2N)CCCC1. The third kappa shape index (κ3) is 2.99. The minimum absolute atomic E-state index is 0.355. The van der Waals surface area contributed by atoms with Crippen molar-refractivity contribution < 1.29 is 0 Å². The average Bonchev–Trinajstić information content (AvgIpc) is 2.77. The van der Waals surface area contributed by atoms with Crippen molar-refractivity contribution in [2.24, 2.45) is 0 Å². The zero-order valence-electron chi connectivity index (χ0n) is 10.0. The molecule has 0 spiro atoms. The summed E-state index contributed by atoms with van der Waals surface area (Å²) in [6.45, 7) is 0.924. The van der Waals surface area contributed by atoms with Crippen LogP contribution in [0, 0.1) is 0 Å². The molecule has 0 aromatic carbocycles. The lowest BCUT2D eigenvalue weighted by Gasteiger charge is -2.27. The number of nitrogens with one attached hydrogen (secondary N) is 1. The van der Waals surface area contributed by atoms with Gasteiger partial charge in [-0.05, 0) is 25.2 Å². The second-order valence-electron chi connectivity index (χ2n) is 4.54. The molecule has 17 heavy (non-hydrogen) atoms. The quantitative estimate of drug-likeness (QED) is 0.881. The Morgan fingerprint density at radius 2 is 2.24 bits per heavy atom. The van der Waals surface area contributed by atoms with Crippen molar-refractivity contribution in [1.29, 1.82) is 0 Å². The fourth-order valence-electron chi connectivity index (χ4n) is 2.32. The van der Waals surface area contributed by atoms with E-state index in [1.54, 1.807) is 12.3 Å². The number of pyridine rings is 1. The van der Waals surface area contributed by atoms with Crippen LogP contribution in [0.5, 0.6) is 0 Å². The van der Waals surface area contributed by atoms with Crippen molar-refractivity contribution in [3.63, 3.8) is 0 Å². The van der Waals surface area contributed by atoms with E-state index >= 15 is 0 Å². The number of hydrogen-bond donors (Lipinski definition) is 2. The minimum Gasteiger partial charge on any atom is -0.396 e. The zero-order valence-corrected chi connectivity index (χ0v) is 11.6. The van der Waals surface area contributed by atoms with Gasteiger partial charge >= 0.3 is 0 Å². The normalized spacial score (nSPS) is 18.2. The van der Waals surface area contributed by atoms with Crippen LogP contribution in [-0.2, 0) is 0 Å². The monoisotopic (exact) mass is 271 g/mol. The molecule has 5 heteroatoms. The van der Waals surface area contributed by atoms with E-state index < -0.39 is 0 Å². The summed E-state index contributed by atoms with van der Waals surface area (Å²) in [4.78, 5) is 4.23. The fraction of sp³-hybridized carbons (Fsp3) is 0.583. The molecule has 3 N–H and O–H groups in total. The smallest absolute Gasteiger partial charge is 0.149 e. The van der Waals surface area contributed by atoms with Gasteiger partial charge in [0.15, 0.2) is 0 Å². The topological polar surface area (TPSA) is 50.9 Å². The Labute approximate surface area is 112 Å². The van der Waals surface area contributed by atoms with Crippen molar-refractivity contribution in [2.45, 2.75) is 30.4 Å². The molecule has 94 valence electrons. The van der Waals surface area contributed by atoms with E-state index in [-0.39, 0.29) is 0 Å². The van der Waals surface area contributed by atoms with Crippen molar-refractivity contribution in [3.05, 3.63) is 17.3 Å². The molecule has 0 radical (unpaired) electrons. The Morgan fingerprint density at radius 1 is 1.53 bits per heavy atom. The van der Waals surface area contributed by atoms with Crippen molar-refractivity contribution >= 4 is 34.9 Å². The van der Waals surface area contributed by atoms with Crippen LogP contribution in [0.4, 0.5) is 11.5 Å². The van der Waals surface area contributed by atoms with Crippen LogP contribution in [0.2, 0.25) is 5.02 Å². The number of anilines is 2. The molecule has 1 fully saturated rings. The lowest BCUT2D eigenvalue weighted by molar-refractivity contribution is 0.639. The molecule has 1 aliphatic carbocycles. The molecule has 1 aromatic rings. The summed E-state index contributed by atoms with van der Waals surface area (Å²) in [5.41, 5.74) is 6.49. The number of nitrogen functional groups attached to an aromatic ring is 1. The Bertz CT molecular complexity index is 391. The number of rotatable bonds is 4. The molecule has 1 aromatic heterocycles. The van der Waals surface area contributed by atoms with E-state index in [0.717, 1.165) is 12.4 Å². The van der Waals surface area contributed by atoms with Gasteiger partial charge in [0.1, 0.15) is 5.82 Å². The summed E-state index contributed by atoms with van der Waals surface area (Å²) in [6.07, 6.45) is 9.01. The number of hydrogen-bond acceptors (Lipinski definition) is 4. The molecule has 2 rings (SSSR count). The Hall–Kier alpha value is -0.610. The van der Waals surface area contributed by atoms with Crippen LogP contribution < -0.4 is 11.1 Å². The van der Waals surface area contributed by atoms with E-state index in [0.29, 0.717) is 15.5 Å². The highest BCUT2D eigenvalue weighted by atomic mass is 35.5. The molecule has 0 amide bonds. The molecule has 0 unspecified atom stereocenters. The van der Waals surface area contributed by atoms with Crippen LogP contribution >= 0.6 is 23.4 Å². The molecule has 0 bridgehead atoms. The van der Waals surface area contributed by atoms with Gasteiger partial charge in [0, 0.05) is 17.5 Å². The predicted molar refractivity (Wildman–Crippen MR) is 76.9 cm³/mol. The maximum atomic E-state index is 5.87. The first-order chi connectivity index (χ1) is 8.15. The van der Waals surface area contributed by atoms with E-state index in [1.165, 1.54) is 25.7 Å². The highest BCUT2D eigenvalue weighted by Gasteiger charge is 2.32. The maximum Gasteiger partial charge on any atom is 0.149 e. The molecule has 0 saturated heterocycles. The molecule has 0 atom stereocenters. The Balaban J connectivity index is 2.01. The van der Waals surface area contributed by atoms with Gasteiger partial charge in [0.25, 0.3) is 0 Å². The lowest BCUT2D eigenvalue weighted by atomic mass is 10.1. The maximum absolute atomic E-state index is 5.87. The van der Waals surface area contributed by atoms with Gasteiger partial charge in [-0.2, -0.15) is 11.8 Å². The molecule has 3 nitrogen and oxygen atoms in total. The predicted octanol–water partition coefficient (Wildman–Crippen LogP) is 3.40. The first-order valence-corrected chi connectivity index (χ1v) is 7.45. The summed E-state index contributed by atoms with van der Waals surface area (Å²) in [5.74, 6) is 0.745. The summed E-state index contributed by atoms with van der Waals surface area (Å²) in [5, 5.41) is 3.94. The summed E-state index contributed by atoms with van der Waals surface area (Å²) < 4.78 is 0.355. The van der Waals surface area contributed by atoms with Crippen LogP contribution in [0.1, 0.15) is 25.7 Å². The van der Waals surface area contributed by atoms with Crippen molar-refractivity contribution in [3.8, 4) is 0 Å². The Morgan fingerprint density at radius 3 is 2.82 bits per heavy atom. The molecular weight excluding hydrogens is 254 g/mol. The fourth-order valence-corrected chi connectivity index (χ4v) is 3.40. The minimum atomic E-state index is 0.355. The molecule has 1 heterocycles. The van der Waals surface area contributed by atoms with E-state index in [1.807, 2.05) is 11.8 Å². The van der Waals surface area contributed by atoms with Crippen LogP contribution in [-0.4, -0.2) is 22.5 Å². The summed E-state index contributed by atoms with van der Waals surface area (Å²) >= 11 is 7.78. The highest BCUT2D eigenvalue weighted by molar-refractivity contribution is 8.00. The number of nitrogens with two attached hydrogens (primary N) is 1. The summed E-state index contributed by atoms with van der Waals surface area (Å²) in [6, 6.07) is 1.73. The van der Waals surface area contributed by atoms with Gasteiger partial charge in [0.2, 0.25) is 0 Å². The molecular formula is C12H18ClN3S. The van der Waals surface area contributed by atoms with Gasteiger partial charge in [0.05, 0.1) is 10.7 Å². The van der Waals surface area contributed by atoms with Crippen LogP contribution in [0.25, 0.3) is 0 Å². The van der Waals surface area contributed by atoms with Crippen molar-refractivity contribution in [1.82, 2.24) is 4.98 Å². The highest BCUT2D eigenvalue weighted by Crippen LogP contribution is 2.40. The average molecular weight is 272 g/mol. The van der Waals surface area contributed by atoms with Crippen LogP contribution in [0.15, 0.2) is 12.3 Å². The van der Waals surface area contributed by atoms with Gasteiger partial charge in [-0.15, -0.1) is 0 Å². The molecule has 1 saturated carbocycles. The van der Waals surface area contributed by atoms with Gasteiger partial charge < -0.3 is 11.1 Å². The van der Waals surface area contributed by atoms with Crippen LogP contribution in [0.3, 0.4) is 0 Å². The number of nitrogens with zero attached hydrogens (tertiary/aromatic N) is 1. The lowest BCUT2D eigenvalue weighted by Crippen LogP contribution is -2.30. The number of aromatic nitrogens is 1. The molecule has 0 aliphatic heterocycles. The largest absolute Gasteiger partial charge is 0.396 e. The van der Waals surface area contributed by atoms with Gasteiger partial charge in [-0.1, -0.05) is 24.4 Å². The third-order valence-corrected chi connectivity index (χ3v) is 5.03. The van der Waals surface area contributed by atoms with Gasteiger partial charge in [-0.25, -0.2) is 4.98 Å². The van der Waals surface area contributed by atoms with E-state index in [2.05, 4.69) is 16.6 Å². The van der Waals surface area contributed by atoms with E-state index in [9.17, 15) is 0 Å². The van der Waals surface area contributed by atoms with E-state index in [4.69, 9.17) is 17.3 Å². The molecule has 1 aliphatic rings. The third-order valence-electron chi connectivity index (χ3n) is 3.41. The van der Waals surface area contributed by atoms with Gasteiger partial charge in [-0.3, -0.25) is 0 Å².